The first-order valence-corrected chi connectivity index (χ1v) is 6.36. The SMILES string of the molecule is SCC=Cc1cccc(N2CCNCC2)c1. The normalized spacial score (nSPS) is 16.9. The third kappa shape index (κ3) is 3.03. The summed E-state index contributed by atoms with van der Waals surface area (Å²) in [7, 11) is 0. The largest absolute Gasteiger partial charge is 0.369 e. The van der Waals surface area contributed by atoms with Gasteiger partial charge in [-0.05, 0) is 17.7 Å². The van der Waals surface area contributed by atoms with Crippen LogP contribution in [-0.2, 0) is 0 Å². The molecule has 1 aromatic carbocycles. The van der Waals surface area contributed by atoms with Gasteiger partial charge in [-0.3, -0.25) is 0 Å². The van der Waals surface area contributed by atoms with Crippen LogP contribution in [0.25, 0.3) is 6.08 Å². The van der Waals surface area contributed by atoms with Gasteiger partial charge in [-0.1, -0.05) is 24.3 Å². The number of anilines is 1. The summed E-state index contributed by atoms with van der Waals surface area (Å²) in [5.41, 5.74) is 2.58. The first-order chi connectivity index (χ1) is 7.90. The minimum absolute atomic E-state index is 0.790. The molecule has 16 heavy (non-hydrogen) atoms. The van der Waals surface area contributed by atoms with E-state index in [2.05, 4.69) is 59.3 Å². The first-order valence-electron chi connectivity index (χ1n) is 5.73. The zero-order chi connectivity index (χ0) is 11.2. The van der Waals surface area contributed by atoms with Gasteiger partial charge in [0.2, 0.25) is 0 Å². The summed E-state index contributed by atoms with van der Waals surface area (Å²) >= 11 is 4.17. The van der Waals surface area contributed by atoms with E-state index in [4.69, 9.17) is 0 Å². The highest BCUT2D eigenvalue weighted by molar-refractivity contribution is 7.80. The molecule has 0 unspecified atom stereocenters. The van der Waals surface area contributed by atoms with Crippen LogP contribution in [0.15, 0.2) is 30.3 Å². The minimum atomic E-state index is 0.790. The van der Waals surface area contributed by atoms with Gasteiger partial charge in [0.05, 0.1) is 0 Å². The predicted octanol–water partition coefficient (Wildman–Crippen LogP) is 2.04. The molecule has 3 heteroatoms. The molecule has 0 spiro atoms. The fraction of sp³-hybridized carbons (Fsp3) is 0.385. The van der Waals surface area contributed by atoms with Crippen LogP contribution in [-0.4, -0.2) is 31.9 Å². The van der Waals surface area contributed by atoms with Crippen LogP contribution in [0.1, 0.15) is 5.56 Å². The van der Waals surface area contributed by atoms with Crippen molar-refractivity contribution < 1.29 is 0 Å². The van der Waals surface area contributed by atoms with Crippen LogP contribution in [0, 0.1) is 0 Å². The number of piperazine rings is 1. The van der Waals surface area contributed by atoms with E-state index in [0.29, 0.717) is 0 Å². The van der Waals surface area contributed by atoms with Crippen molar-refractivity contribution in [3.63, 3.8) is 0 Å². The second-order valence-corrected chi connectivity index (χ2v) is 4.28. The summed E-state index contributed by atoms with van der Waals surface area (Å²) < 4.78 is 0. The second kappa shape index (κ2) is 5.97. The molecule has 1 aromatic rings. The van der Waals surface area contributed by atoms with E-state index < -0.39 is 0 Å². The average Bonchev–Trinajstić information content (AvgIpc) is 2.38. The van der Waals surface area contributed by atoms with Gasteiger partial charge in [-0.2, -0.15) is 12.6 Å². The Morgan fingerprint density at radius 3 is 2.88 bits per heavy atom. The molecule has 0 atom stereocenters. The van der Waals surface area contributed by atoms with Gasteiger partial charge in [-0.25, -0.2) is 0 Å². The Kier molecular flexibility index (Phi) is 4.31. The van der Waals surface area contributed by atoms with Crippen molar-refractivity contribution >= 4 is 24.4 Å². The molecule has 1 N–H and O–H groups in total. The summed E-state index contributed by atoms with van der Waals surface area (Å²) in [5.74, 6) is 0.790. The van der Waals surface area contributed by atoms with Crippen LogP contribution in [0.4, 0.5) is 5.69 Å². The summed E-state index contributed by atoms with van der Waals surface area (Å²) in [6.45, 7) is 4.35. The molecular weight excluding hydrogens is 216 g/mol. The molecule has 1 aliphatic rings. The lowest BCUT2D eigenvalue weighted by Crippen LogP contribution is -2.43. The molecule has 0 radical (unpaired) electrons. The zero-order valence-corrected chi connectivity index (χ0v) is 10.3. The number of benzene rings is 1. The fourth-order valence-electron chi connectivity index (χ4n) is 1.94. The minimum Gasteiger partial charge on any atom is -0.369 e. The number of hydrogen-bond acceptors (Lipinski definition) is 3. The van der Waals surface area contributed by atoms with Crippen LogP contribution in [0.5, 0.6) is 0 Å². The lowest BCUT2D eigenvalue weighted by molar-refractivity contribution is 0.589. The van der Waals surface area contributed by atoms with Gasteiger partial charge in [0.25, 0.3) is 0 Å². The van der Waals surface area contributed by atoms with Crippen molar-refractivity contribution in [1.29, 1.82) is 0 Å². The molecule has 0 aliphatic carbocycles. The van der Waals surface area contributed by atoms with Crippen LogP contribution < -0.4 is 10.2 Å². The number of hydrogen-bond donors (Lipinski definition) is 2. The second-order valence-electron chi connectivity index (χ2n) is 3.92. The van der Waals surface area contributed by atoms with Crippen LogP contribution >= 0.6 is 12.6 Å². The van der Waals surface area contributed by atoms with Gasteiger partial charge in [0.1, 0.15) is 0 Å². The highest BCUT2D eigenvalue weighted by atomic mass is 32.1. The van der Waals surface area contributed by atoms with Gasteiger partial charge in [0.15, 0.2) is 0 Å². The van der Waals surface area contributed by atoms with Crippen molar-refractivity contribution in [3.8, 4) is 0 Å². The molecule has 1 heterocycles. The Hall–Kier alpha value is -0.930. The highest BCUT2D eigenvalue weighted by Gasteiger charge is 2.09. The highest BCUT2D eigenvalue weighted by Crippen LogP contribution is 2.17. The summed E-state index contributed by atoms with van der Waals surface area (Å²) in [6.07, 6.45) is 4.19. The average molecular weight is 234 g/mol. The van der Waals surface area contributed by atoms with Gasteiger partial charge in [0, 0.05) is 37.6 Å². The molecule has 0 saturated carbocycles. The van der Waals surface area contributed by atoms with Gasteiger partial charge < -0.3 is 10.2 Å². The van der Waals surface area contributed by atoms with E-state index in [-0.39, 0.29) is 0 Å². The lowest BCUT2D eigenvalue weighted by atomic mass is 10.1. The van der Waals surface area contributed by atoms with Crippen molar-refractivity contribution in [3.05, 3.63) is 35.9 Å². The Labute approximate surface area is 103 Å². The molecule has 2 rings (SSSR count). The van der Waals surface area contributed by atoms with Crippen molar-refractivity contribution in [2.45, 2.75) is 0 Å². The number of rotatable bonds is 3. The zero-order valence-electron chi connectivity index (χ0n) is 9.39. The topological polar surface area (TPSA) is 15.3 Å². The monoisotopic (exact) mass is 234 g/mol. The van der Waals surface area contributed by atoms with Crippen LogP contribution in [0.3, 0.4) is 0 Å². The molecule has 0 aromatic heterocycles. The molecule has 0 amide bonds. The summed E-state index contributed by atoms with van der Waals surface area (Å²) in [4.78, 5) is 2.43. The molecule has 0 bridgehead atoms. The third-order valence-corrected chi connectivity index (χ3v) is 2.98. The lowest BCUT2D eigenvalue weighted by Gasteiger charge is -2.29. The summed E-state index contributed by atoms with van der Waals surface area (Å²) in [5, 5.41) is 3.37. The standard InChI is InChI=1S/C13H18N2S/c16-10-2-4-12-3-1-5-13(11-12)15-8-6-14-7-9-15/h1-5,11,14,16H,6-10H2. The Balaban J connectivity index is 2.11. The van der Waals surface area contributed by atoms with Gasteiger partial charge in [-0.15, -0.1) is 0 Å². The maximum absolute atomic E-state index is 4.17. The Morgan fingerprint density at radius 2 is 2.12 bits per heavy atom. The van der Waals surface area contributed by atoms with E-state index in [1.807, 2.05) is 0 Å². The predicted molar refractivity (Wildman–Crippen MR) is 74.4 cm³/mol. The van der Waals surface area contributed by atoms with E-state index in [1.165, 1.54) is 11.3 Å². The fourth-order valence-corrected chi connectivity index (χ4v) is 2.04. The smallest absolute Gasteiger partial charge is 0.0373 e. The van der Waals surface area contributed by atoms with Crippen molar-refractivity contribution in [1.82, 2.24) is 5.32 Å². The van der Waals surface area contributed by atoms with E-state index >= 15 is 0 Å². The Morgan fingerprint density at radius 1 is 1.31 bits per heavy atom. The molecule has 2 nitrogen and oxygen atoms in total. The van der Waals surface area contributed by atoms with Gasteiger partial charge >= 0.3 is 0 Å². The molecule has 86 valence electrons. The molecular formula is C13H18N2S. The number of nitrogens with zero attached hydrogens (tertiary/aromatic N) is 1. The van der Waals surface area contributed by atoms with E-state index in [1.54, 1.807) is 0 Å². The maximum atomic E-state index is 4.17. The molecule has 1 aliphatic heterocycles. The Bertz CT molecular complexity index is 357. The van der Waals surface area contributed by atoms with E-state index in [0.717, 1.165) is 31.9 Å². The molecule has 1 saturated heterocycles. The quantitative estimate of drug-likeness (QED) is 0.778. The van der Waals surface area contributed by atoms with E-state index in [9.17, 15) is 0 Å². The van der Waals surface area contributed by atoms with Crippen molar-refractivity contribution in [2.75, 3.05) is 36.8 Å². The first kappa shape index (κ1) is 11.6. The van der Waals surface area contributed by atoms with Crippen LogP contribution in [0.2, 0.25) is 0 Å². The summed E-state index contributed by atoms with van der Waals surface area (Å²) in [6, 6.07) is 8.68. The number of nitrogens with one attached hydrogen (secondary N) is 1. The number of thiol groups is 1. The van der Waals surface area contributed by atoms with Crippen molar-refractivity contribution in [2.24, 2.45) is 0 Å². The third-order valence-electron chi connectivity index (χ3n) is 2.77. The molecule has 1 fully saturated rings. The maximum Gasteiger partial charge on any atom is 0.0373 e.